The number of rotatable bonds is 17. The lowest BCUT2D eigenvalue weighted by atomic mass is 9.82. The van der Waals surface area contributed by atoms with Crippen molar-refractivity contribution in [1.82, 2.24) is 20.6 Å². The predicted molar refractivity (Wildman–Crippen MR) is 187 cm³/mol. The summed E-state index contributed by atoms with van der Waals surface area (Å²) >= 11 is 0. The van der Waals surface area contributed by atoms with Gasteiger partial charge < -0.3 is 31.6 Å². The van der Waals surface area contributed by atoms with E-state index in [0.717, 1.165) is 44.1 Å². The number of benzene rings is 1. The second-order valence-electron chi connectivity index (χ2n) is 13.6. The quantitative estimate of drug-likeness (QED) is 0.144. The van der Waals surface area contributed by atoms with Crippen LogP contribution in [0.2, 0.25) is 0 Å². The van der Waals surface area contributed by atoms with Crippen LogP contribution in [0.1, 0.15) is 76.5 Å². The number of halogens is 2. The molecule has 266 valence electrons. The third-order valence-corrected chi connectivity index (χ3v) is 12.3. The Kier molecular flexibility index (Phi) is 16.1. The van der Waals surface area contributed by atoms with E-state index in [4.69, 9.17) is 5.73 Å². The Balaban J connectivity index is 0.00000384. The largest absolute Gasteiger partial charge is 0.390 e. The Labute approximate surface area is 291 Å². The number of hydrogen-bond donors (Lipinski definition) is 6. The topological polar surface area (TPSA) is 187 Å². The van der Waals surface area contributed by atoms with E-state index >= 15 is 0 Å². The van der Waals surface area contributed by atoms with Gasteiger partial charge in [0.2, 0.25) is 11.8 Å². The molecular formula is C33H53Cl2N5O6S. The molecule has 0 radical (unpaired) electrons. The zero-order valence-electron chi connectivity index (χ0n) is 27.3. The molecule has 0 saturated heterocycles. The number of aromatic nitrogens is 2. The van der Waals surface area contributed by atoms with Gasteiger partial charge in [0.15, 0.2) is 9.84 Å². The average Bonchev–Trinajstić information content (AvgIpc) is 3.75. The van der Waals surface area contributed by atoms with Crippen molar-refractivity contribution in [3.05, 3.63) is 54.1 Å². The Morgan fingerprint density at radius 1 is 1.00 bits per heavy atom. The summed E-state index contributed by atoms with van der Waals surface area (Å²) in [7, 11) is -3.80. The molecule has 2 aliphatic carbocycles. The second-order valence-corrected chi connectivity index (χ2v) is 16.3. The van der Waals surface area contributed by atoms with E-state index in [1.54, 1.807) is 20.0 Å². The van der Waals surface area contributed by atoms with Crippen molar-refractivity contribution in [3.8, 4) is 0 Å². The number of aromatic amines is 1. The van der Waals surface area contributed by atoms with Crippen LogP contribution in [0.3, 0.4) is 0 Å². The molecule has 2 aliphatic rings. The first kappa shape index (κ1) is 41.0. The van der Waals surface area contributed by atoms with Gasteiger partial charge in [0.25, 0.3) is 0 Å². The van der Waals surface area contributed by atoms with Crippen LogP contribution in [-0.2, 0) is 32.3 Å². The van der Waals surface area contributed by atoms with E-state index in [-0.39, 0.29) is 50.1 Å². The summed E-state index contributed by atoms with van der Waals surface area (Å²) in [6.45, 7) is 2.99. The molecule has 7 N–H and O–H groups in total. The fourth-order valence-electron chi connectivity index (χ4n) is 6.16. The highest BCUT2D eigenvalue weighted by Gasteiger charge is 2.41. The minimum Gasteiger partial charge on any atom is -0.390 e. The molecule has 1 aromatic heterocycles. The Hall–Kier alpha value is -2.22. The van der Waals surface area contributed by atoms with Crippen LogP contribution in [-0.4, -0.2) is 81.7 Å². The first-order chi connectivity index (χ1) is 21.4. The number of H-pyrrole nitrogens is 1. The first-order valence-electron chi connectivity index (χ1n) is 16.3. The van der Waals surface area contributed by atoms with Crippen LogP contribution in [0.5, 0.6) is 0 Å². The monoisotopic (exact) mass is 717 g/mol. The van der Waals surface area contributed by atoms with Gasteiger partial charge in [-0.15, -0.1) is 24.8 Å². The van der Waals surface area contributed by atoms with Crippen LogP contribution in [0.4, 0.5) is 0 Å². The molecule has 2 fully saturated rings. The van der Waals surface area contributed by atoms with Crippen LogP contribution < -0.4 is 16.4 Å². The van der Waals surface area contributed by atoms with Gasteiger partial charge in [0.1, 0.15) is 12.1 Å². The van der Waals surface area contributed by atoms with Crippen molar-refractivity contribution < 1.29 is 28.2 Å². The van der Waals surface area contributed by atoms with Crippen molar-refractivity contribution in [1.29, 1.82) is 0 Å². The lowest BCUT2D eigenvalue weighted by molar-refractivity contribution is -0.132. The molecule has 1 heterocycles. The maximum Gasteiger partial charge on any atom is 0.243 e. The van der Waals surface area contributed by atoms with Gasteiger partial charge in [0, 0.05) is 24.9 Å². The van der Waals surface area contributed by atoms with Crippen molar-refractivity contribution >= 4 is 46.5 Å². The summed E-state index contributed by atoms with van der Waals surface area (Å²) in [5.74, 6) is -2.17. The molecule has 11 nitrogen and oxygen atoms in total. The second kappa shape index (κ2) is 18.5. The molecule has 2 aromatic rings. The maximum absolute atomic E-state index is 14.0. The third-order valence-electron chi connectivity index (χ3n) is 9.57. The minimum absolute atomic E-state index is 0. The van der Waals surface area contributed by atoms with E-state index in [1.807, 2.05) is 30.3 Å². The van der Waals surface area contributed by atoms with Crippen molar-refractivity contribution in [3.63, 3.8) is 0 Å². The van der Waals surface area contributed by atoms with Crippen LogP contribution in [0.25, 0.3) is 0 Å². The highest BCUT2D eigenvalue weighted by atomic mass is 35.5. The zero-order chi connectivity index (χ0) is 32.6. The molecule has 1 unspecified atom stereocenters. The average molecular weight is 719 g/mol. The van der Waals surface area contributed by atoms with Gasteiger partial charge in [-0.2, -0.15) is 0 Å². The highest BCUT2D eigenvalue weighted by molar-refractivity contribution is 7.92. The predicted octanol–water partition coefficient (Wildman–Crippen LogP) is 2.88. The molecule has 0 aliphatic heterocycles. The van der Waals surface area contributed by atoms with Crippen molar-refractivity contribution in [2.75, 3.05) is 12.3 Å². The number of imidazole rings is 1. The summed E-state index contributed by atoms with van der Waals surface area (Å²) in [5.41, 5.74) is 7.19. The Morgan fingerprint density at radius 3 is 2.23 bits per heavy atom. The zero-order valence-corrected chi connectivity index (χ0v) is 29.8. The molecule has 47 heavy (non-hydrogen) atoms. The first-order valence-corrected chi connectivity index (χ1v) is 18.0. The summed E-state index contributed by atoms with van der Waals surface area (Å²) < 4.78 is 25.6. The number of nitrogens with zero attached hydrogens (tertiary/aromatic N) is 1. The minimum atomic E-state index is -3.80. The van der Waals surface area contributed by atoms with E-state index in [0.29, 0.717) is 18.0 Å². The molecule has 1 aromatic carbocycles. The smallest absolute Gasteiger partial charge is 0.243 e. The number of carbonyl (C=O) groups is 2. The highest BCUT2D eigenvalue weighted by Crippen LogP contribution is 2.36. The Bertz CT molecular complexity index is 1340. The van der Waals surface area contributed by atoms with Gasteiger partial charge in [-0.1, -0.05) is 62.4 Å². The lowest BCUT2D eigenvalue weighted by Crippen LogP contribution is -2.57. The summed E-state index contributed by atoms with van der Waals surface area (Å²) in [5, 5.41) is 27.9. The number of nitrogens with one attached hydrogen (secondary N) is 3. The maximum atomic E-state index is 14.0. The molecule has 4 rings (SSSR count). The van der Waals surface area contributed by atoms with Crippen molar-refractivity contribution in [2.24, 2.45) is 23.5 Å². The molecule has 5 atom stereocenters. The molecule has 0 spiro atoms. The van der Waals surface area contributed by atoms with Gasteiger partial charge in [-0.25, -0.2) is 13.4 Å². The third kappa shape index (κ3) is 11.7. The molecular weight excluding hydrogens is 665 g/mol. The normalized spacial score (nSPS) is 18.8. The number of aliphatic hydroxyl groups is 2. The van der Waals surface area contributed by atoms with Gasteiger partial charge in [-0.05, 0) is 56.9 Å². The Morgan fingerprint density at radius 2 is 1.66 bits per heavy atom. The molecule has 2 amide bonds. The number of nitrogens with two attached hydrogens (primary N) is 1. The number of hydrogen-bond acceptors (Lipinski definition) is 8. The molecule has 14 heteroatoms. The number of amides is 2. The van der Waals surface area contributed by atoms with Crippen LogP contribution >= 0.6 is 24.8 Å². The van der Waals surface area contributed by atoms with Crippen molar-refractivity contribution in [2.45, 2.75) is 107 Å². The van der Waals surface area contributed by atoms with Crippen LogP contribution in [0.15, 0.2) is 42.9 Å². The van der Waals surface area contributed by atoms with Gasteiger partial charge in [0.05, 0.1) is 34.9 Å². The van der Waals surface area contributed by atoms with E-state index in [1.165, 1.54) is 12.7 Å². The molecule has 2 saturated carbocycles. The fraction of sp³-hybridized carbons (Fsp3) is 0.667. The number of sulfone groups is 1. The number of carbonyl (C=O) groups excluding carboxylic acids is 2. The summed E-state index contributed by atoms with van der Waals surface area (Å²) in [6.07, 6.45) is 8.77. The van der Waals surface area contributed by atoms with Gasteiger partial charge >= 0.3 is 0 Å². The van der Waals surface area contributed by atoms with E-state index < -0.39 is 62.4 Å². The molecule has 0 bridgehead atoms. The standard InChI is InChI=1S/C33H51N5O6S.2ClH/c1-33(2,20-34)45(43,44)19-25(15-22-9-5-3-6-10-22)31(41)38-28(17-26-18-35-21-36-26)32(42)37-27(16-23-11-7-4-8-12-23)30(40)29(39)24-13-14-24;;/h3,5-6,9-10,18,21,23-25,27-30,39-40H,4,7-8,11-17,19-20,34H2,1-2H3,(H,35,36)(H,37,42)(H,38,41);2*1H/t25?,27-,28-,29-,30+;;/m0../s1. The number of aliphatic hydroxyl groups excluding tert-OH is 2. The summed E-state index contributed by atoms with van der Waals surface area (Å²) in [6, 6.07) is 7.38. The SMILES string of the molecule is CC(C)(CN)S(=O)(=O)CC(Cc1ccccc1)C(=O)N[C@@H](Cc1cnc[nH]1)C(=O)N[C@@H](CC1CCCCC1)[C@@H](O)[C@@H](O)C1CC1.Cl.Cl. The fourth-order valence-corrected chi connectivity index (χ4v) is 7.67. The van der Waals surface area contributed by atoms with Gasteiger partial charge in [-0.3, -0.25) is 9.59 Å². The summed E-state index contributed by atoms with van der Waals surface area (Å²) in [4.78, 5) is 34.9. The van der Waals surface area contributed by atoms with E-state index in [9.17, 15) is 28.2 Å². The van der Waals surface area contributed by atoms with E-state index in [2.05, 4.69) is 20.6 Å². The van der Waals surface area contributed by atoms with Crippen LogP contribution in [0, 0.1) is 17.8 Å². The lowest BCUT2D eigenvalue weighted by Gasteiger charge is -2.33.